The Morgan fingerprint density at radius 2 is 2.13 bits per heavy atom. The summed E-state index contributed by atoms with van der Waals surface area (Å²) >= 11 is 0. The Bertz CT molecular complexity index is 887. The zero-order valence-electron chi connectivity index (χ0n) is 17.7. The molecule has 3 saturated heterocycles. The highest BCUT2D eigenvalue weighted by Gasteiger charge is 2.67. The minimum absolute atomic E-state index is 0.0484. The van der Waals surface area contributed by atoms with Crippen molar-refractivity contribution in [2.75, 3.05) is 13.2 Å². The van der Waals surface area contributed by atoms with Gasteiger partial charge in [-0.3, -0.25) is 4.79 Å². The molecule has 1 aliphatic carbocycles. The lowest BCUT2D eigenvalue weighted by Crippen LogP contribution is -2.38. The topological polar surface area (TPSA) is 124 Å². The first-order valence-electron chi connectivity index (χ1n) is 10.2. The predicted molar refractivity (Wildman–Crippen MR) is 105 cm³/mol. The summed E-state index contributed by atoms with van der Waals surface area (Å²) in [6.07, 6.45) is 1.28. The highest BCUT2D eigenvalue weighted by Crippen LogP contribution is 2.53. The molecule has 3 fully saturated rings. The fraction of sp³-hybridized carbons (Fsp3) is 0.591. The molecule has 3 aliphatic heterocycles. The molecule has 0 bridgehead atoms. The average Bonchev–Trinajstić information content (AvgIpc) is 3.58. The van der Waals surface area contributed by atoms with Gasteiger partial charge in [0.25, 0.3) is 0 Å². The number of rotatable bonds is 5. The third-order valence-corrected chi connectivity index (χ3v) is 6.22. The Balaban J connectivity index is 1.60. The fourth-order valence-electron chi connectivity index (χ4n) is 4.36. The van der Waals surface area contributed by atoms with E-state index in [4.69, 9.17) is 23.7 Å². The average molecular weight is 434 g/mol. The lowest BCUT2D eigenvalue weighted by molar-refractivity contribution is -0.148. The third kappa shape index (κ3) is 4.17. The minimum atomic E-state index is -0.755. The van der Waals surface area contributed by atoms with Crippen LogP contribution in [0.15, 0.2) is 35.5 Å². The number of ether oxygens (including phenoxy) is 5. The van der Waals surface area contributed by atoms with Crippen molar-refractivity contribution in [3.05, 3.63) is 35.5 Å². The predicted octanol–water partition coefficient (Wildman–Crippen LogP) is 0.753. The van der Waals surface area contributed by atoms with Crippen molar-refractivity contribution in [2.45, 2.75) is 63.3 Å². The van der Waals surface area contributed by atoms with Gasteiger partial charge in [0.2, 0.25) is 0 Å². The number of aliphatic hydroxyl groups excluding tert-OH is 1. The van der Waals surface area contributed by atoms with Gasteiger partial charge < -0.3 is 28.8 Å². The van der Waals surface area contributed by atoms with E-state index in [9.17, 15) is 19.5 Å². The van der Waals surface area contributed by atoms with Crippen molar-refractivity contribution in [3.8, 4) is 0 Å². The number of aliphatic hydroxyl groups is 1. The maximum Gasteiger partial charge on any atom is 0.334 e. The van der Waals surface area contributed by atoms with Crippen LogP contribution < -0.4 is 0 Å². The van der Waals surface area contributed by atoms with Crippen LogP contribution in [0.25, 0.3) is 0 Å². The lowest BCUT2D eigenvalue weighted by atomic mass is 9.82. The van der Waals surface area contributed by atoms with Gasteiger partial charge in [-0.1, -0.05) is 6.58 Å². The molecule has 0 aromatic heterocycles. The van der Waals surface area contributed by atoms with Crippen LogP contribution in [-0.4, -0.2) is 72.3 Å². The van der Waals surface area contributed by atoms with Gasteiger partial charge in [0, 0.05) is 24.5 Å². The quantitative estimate of drug-likeness (QED) is 0.219. The van der Waals surface area contributed by atoms with E-state index in [2.05, 4.69) is 6.58 Å². The third-order valence-electron chi connectivity index (χ3n) is 6.22. The van der Waals surface area contributed by atoms with Crippen molar-refractivity contribution in [2.24, 2.45) is 5.92 Å². The Hall–Kier alpha value is -2.49. The van der Waals surface area contributed by atoms with E-state index in [1.165, 1.54) is 13.0 Å². The fourth-order valence-corrected chi connectivity index (χ4v) is 4.36. The monoisotopic (exact) mass is 434 g/mol. The first-order chi connectivity index (χ1) is 14.6. The summed E-state index contributed by atoms with van der Waals surface area (Å²) in [5.74, 6) is -2.26. The van der Waals surface area contributed by atoms with Crippen LogP contribution in [0.2, 0.25) is 0 Å². The second-order valence-electron chi connectivity index (χ2n) is 8.53. The van der Waals surface area contributed by atoms with Crippen LogP contribution in [0.5, 0.6) is 0 Å². The first-order valence-corrected chi connectivity index (χ1v) is 10.2. The van der Waals surface area contributed by atoms with Gasteiger partial charge in [0.1, 0.15) is 37.1 Å². The Morgan fingerprint density at radius 3 is 2.81 bits per heavy atom. The molecular formula is C22H26O9. The van der Waals surface area contributed by atoms with Gasteiger partial charge in [-0.25, -0.2) is 9.59 Å². The summed E-state index contributed by atoms with van der Waals surface area (Å²) in [5, 5.41) is 9.81. The van der Waals surface area contributed by atoms with Gasteiger partial charge >= 0.3 is 17.9 Å². The highest BCUT2D eigenvalue weighted by atomic mass is 16.7. The van der Waals surface area contributed by atoms with Crippen molar-refractivity contribution in [3.63, 3.8) is 0 Å². The van der Waals surface area contributed by atoms with E-state index in [0.717, 1.165) is 0 Å². The Kier molecular flexibility index (Phi) is 5.53. The van der Waals surface area contributed by atoms with Crippen LogP contribution in [0, 0.1) is 5.92 Å². The summed E-state index contributed by atoms with van der Waals surface area (Å²) in [7, 11) is 0. The molecule has 9 nitrogen and oxygen atoms in total. The lowest BCUT2D eigenvalue weighted by Gasteiger charge is -2.28. The molecule has 3 heterocycles. The summed E-state index contributed by atoms with van der Waals surface area (Å²) in [6.45, 7) is 8.29. The summed E-state index contributed by atoms with van der Waals surface area (Å²) < 4.78 is 27.7. The number of epoxide rings is 2. The molecule has 0 unspecified atom stereocenters. The van der Waals surface area contributed by atoms with Crippen molar-refractivity contribution in [1.29, 1.82) is 0 Å². The van der Waals surface area contributed by atoms with E-state index in [1.807, 2.05) is 6.92 Å². The van der Waals surface area contributed by atoms with Crippen LogP contribution in [0.4, 0.5) is 0 Å². The second-order valence-corrected chi connectivity index (χ2v) is 8.53. The number of carbonyl (C=O) groups is 3. The van der Waals surface area contributed by atoms with Crippen molar-refractivity contribution >= 4 is 17.9 Å². The number of hydrogen-bond donors (Lipinski definition) is 1. The van der Waals surface area contributed by atoms with Gasteiger partial charge in [0.15, 0.2) is 0 Å². The number of carbonyl (C=O) groups excluding carboxylic acids is 3. The van der Waals surface area contributed by atoms with Gasteiger partial charge in [0.05, 0.1) is 18.1 Å². The molecular weight excluding hydrogens is 408 g/mol. The van der Waals surface area contributed by atoms with Crippen LogP contribution >= 0.6 is 0 Å². The molecule has 1 N–H and O–H groups in total. The molecule has 0 amide bonds. The van der Waals surface area contributed by atoms with Crippen molar-refractivity contribution in [1.82, 2.24) is 0 Å². The minimum Gasteiger partial charge on any atom is -0.462 e. The molecule has 4 aliphatic rings. The maximum atomic E-state index is 12.7. The molecule has 7 atom stereocenters. The number of fused-ring (bicyclic) bond motifs is 4. The standard InChI is InChI=1S/C22H26O9/c1-10(5-6-27-12(3)24)20(25)29-15-8-22(4)19(31-22)18-17(30-18)13(9-23)7-14-16(15)11(2)21(26)28-14/h5,7,14-19,23H,2,6,8-9H2,1,3-4H3/b10-5+,13-7+/t14-,15-,16+,17+,18+,19+,22-/m1/s1. The smallest absolute Gasteiger partial charge is 0.334 e. The first kappa shape index (κ1) is 21.7. The SMILES string of the molecule is C=C1C(=O)O[C@@H]2/C=C(\CO)[C@@H]3O[C@@H]3[C@@H]3O[C@]3(C)C[C@@H](OC(=O)/C(C)=C/COC(C)=O)[C@@H]12. The Morgan fingerprint density at radius 1 is 1.39 bits per heavy atom. The second kappa shape index (κ2) is 7.89. The van der Waals surface area contributed by atoms with Gasteiger partial charge in [-0.15, -0.1) is 0 Å². The molecule has 9 heteroatoms. The number of hydrogen-bond acceptors (Lipinski definition) is 9. The molecule has 4 rings (SSSR count). The van der Waals surface area contributed by atoms with E-state index in [0.29, 0.717) is 12.0 Å². The Labute approximate surface area is 179 Å². The molecule has 0 spiro atoms. The van der Waals surface area contributed by atoms with Crippen LogP contribution in [-0.2, 0) is 38.1 Å². The summed E-state index contributed by atoms with van der Waals surface area (Å²) in [4.78, 5) is 35.9. The number of esters is 3. The summed E-state index contributed by atoms with van der Waals surface area (Å²) in [5.41, 5.74) is 0.465. The van der Waals surface area contributed by atoms with E-state index in [1.54, 1.807) is 13.0 Å². The van der Waals surface area contributed by atoms with Crippen LogP contribution in [0.3, 0.4) is 0 Å². The summed E-state index contributed by atoms with van der Waals surface area (Å²) in [6, 6.07) is 0. The molecule has 0 saturated carbocycles. The largest absolute Gasteiger partial charge is 0.462 e. The molecule has 31 heavy (non-hydrogen) atoms. The van der Waals surface area contributed by atoms with E-state index in [-0.39, 0.29) is 42.7 Å². The normalized spacial score (nSPS) is 40.4. The maximum absolute atomic E-state index is 12.7. The molecule has 168 valence electrons. The zero-order valence-corrected chi connectivity index (χ0v) is 17.7. The zero-order chi connectivity index (χ0) is 22.5. The van der Waals surface area contributed by atoms with Crippen LogP contribution in [0.1, 0.15) is 27.2 Å². The van der Waals surface area contributed by atoms with E-state index < -0.39 is 41.6 Å². The van der Waals surface area contributed by atoms with Crippen molar-refractivity contribution < 1.29 is 43.2 Å². The van der Waals surface area contributed by atoms with Gasteiger partial charge in [-0.2, -0.15) is 0 Å². The highest BCUT2D eigenvalue weighted by molar-refractivity contribution is 5.92. The van der Waals surface area contributed by atoms with E-state index >= 15 is 0 Å². The molecule has 0 aromatic rings. The molecule has 0 radical (unpaired) electrons. The van der Waals surface area contributed by atoms with Gasteiger partial charge in [-0.05, 0) is 31.6 Å². The molecule has 0 aromatic carbocycles.